The summed E-state index contributed by atoms with van der Waals surface area (Å²) in [5.74, 6) is -0.390. The highest BCUT2D eigenvalue weighted by Crippen LogP contribution is 2.27. The minimum absolute atomic E-state index is 0.235. The van der Waals surface area contributed by atoms with E-state index in [1.54, 1.807) is 4.68 Å². The quantitative estimate of drug-likeness (QED) is 0.811. The maximum absolute atomic E-state index is 12.7. The van der Waals surface area contributed by atoms with Crippen molar-refractivity contribution in [2.75, 3.05) is 0 Å². The van der Waals surface area contributed by atoms with E-state index in [9.17, 15) is 4.79 Å². The first kappa shape index (κ1) is 17.2. The van der Waals surface area contributed by atoms with E-state index in [4.69, 9.17) is 4.74 Å². The molecule has 2 aromatic rings. The van der Waals surface area contributed by atoms with Crippen molar-refractivity contribution in [2.45, 2.75) is 59.1 Å². The second kappa shape index (κ2) is 6.14. The Morgan fingerprint density at radius 3 is 2.22 bits per heavy atom. The molecule has 23 heavy (non-hydrogen) atoms. The van der Waals surface area contributed by atoms with Crippen LogP contribution >= 0.6 is 0 Å². The second-order valence-electron chi connectivity index (χ2n) is 7.68. The highest BCUT2D eigenvalue weighted by Gasteiger charge is 2.33. The molecule has 0 spiro atoms. The number of nitrogens with zero attached hydrogens (tertiary/aromatic N) is 3. The Morgan fingerprint density at radius 2 is 1.70 bits per heavy atom. The van der Waals surface area contributed by atoms with Gasteiger partial charge in [0.2, 0.25) is 0 Å². The molecule has 0 aliphatic rings. The molecule has 5 heteroatoms. The van der Waals surface area contributed by atoms with Gasteiger partial charge in [0.25, 0.3) is 0 Å². The van der Waals surface area contributed by atoms with E-state index in [-0.39, 0.29) is 17.6 Å². The van der Waals surface area contributed by atoms with Crippen molar-refractivity contribution in [1.29, 1.82) is 0 Å². The van der Waals surface area contributed by atoms with Crippen LogP contribution in [0.3, 0.4) is 0 Å². The summed E-state index contributed by atoms with van der Waals surface area (Å²) in [6.07, 6.45) is 0. The van der Waals surface area contributed by atoms with E-state index < -0.39 is 5.97 Å². The molecule has 0 saturated heterocycles. The highest BCUT2D eigenvalue weighted by molar-refractivity contribution is 5.89. The number of carbonyl (C=O) groups excluding carboxylic acids is 1. The summed E-state index contributed by atoms with van der Waals surface area (Å²) < 4.78 is 7.16. The van der Waals surface area contributed by atoms with E-state index in [1.165, 1.54) is 0 Å². The average molecular weight is 315 g/mol. The van der Waals surface area contributed by atoms with Crippen LogP contribution in [0.15, 0.2) is 30.3 Å². The molecule has 2 rings (SSSR count). The van der Waals surface area contributed by atoms with Gasteiger partial charge in [-0.05, 0) is 26.3 Å². The van der Waals surface area contributed by atoms with Crippen LogP contribution in [0.5, 0.6) is 0 Å². The van der Waals surface area contributed by atoms with Crippen LogP contribution < -0.4 is 0 Å². The molecule has 0 fully saturated rings. The second-order valence-corrected chi connectivity index (χ2v) is 7.68. The van der Waals surface area contributed by atoms with Gasteiger partial charge in [0, 0.05) is 5.41 Å². The molecular formula is C18H25N3O2. The summed E-state index contributed by atoms with van der Waals surface area (Å²) in [7, 11) is 0. The summed E-state index contributed by atoms with van der Waals surface area (Å²) in [6, 6.07) is 9.63. The molecule has 5 nitrogen and oxygen atoms in total. The number of carbonyl (C=O) groups is 1. The third-order valence-corrected chi connectivity index (χ3v) is 3.42. The van der Waals surface area contributed by atoms with Gasteiger partial charge >= 0.3 is 5.97 Å². The monoisotopic (exact) mass is 315 g/mol. The van der Waals surface area contributed by atoms with Crippen molar-refractivity contribution in [3.8, 4) is 0 Å². The SMILES string of the molecule is CC(C)(C)c1nnn(C(C)(C)C)c1C(=O)OCc1ccccc1. The van der Waals surface area contributed by atoms with Crippen LogP contribution in [0.4, 0.5) is 0 Å². The molecule has 0 N–H and O–H groups in total. The molecule has 124 valence electrons. The number of rotatable bonds is 3. The van der Waals surface area contributed by atoms with E-state index in [2.05, 4.69) is 10.3 Å². The third kappa shape index (κ3) is 3.97. The summed E-state index contributed by atoms with van der Waals surface area (Å²) >= 11 is 0. The van der Waals surface area contributed by atoms with Crippen LogP contribution in [-0.2, 0) is 22.3 Å². The smallest absolute Gasteiger partial charge is 0.358 e. The number of hydrogen-bond donors (Lipinski definition) is 0. The zero-order valence-corrected chi connectivity index (χ0v) is 14.8. The zero-order chi connectivity index (χ0) is 17.3. The van der Waals surface area contributed by atoms with Gasteiger partial charge in [0.1, 0.15) is 12.3 Å². The number of benzene rings is 1. The Balaban J connectivity index is 2.32. The number of hydrogen-bond acceptors (Lipinski definition) is 4. The van der Waals surface area contributed by atoms with Gasteiger partial charge in [0.05, 0.1) is 5.54 Å². The van der Waals surface area contributed by atoms with Gasteiger partial charge in [-0.2, -0.15) is 0 Å². The fourth-order valence-electron chi connectivity index (χ4n) is 2.23. The Labute approximate surface area is 137 Å². The number of aromatic nitrogens is 3. The summed E-state index contributed by atoms with van der Waals surface area (Å²) in [5, 5.41) is 8.44. The zero-order valence-electron chi connectivity index (χ0n) is 14.8. The van der Waals surface area contributed by atoms with Gasteiger partial charge in [-0.15, -0.1) is 5.10 Å². The van der Waals surface area contributed by atoms with Crippen LogP contribution in [0.1, 0.15) is 63.3 Å². The molecule has 0 amide bonds. The van der Waals surface area contributed by atoms with Gasteiger partial charge in [-0.3, -0.25) is 0 Å². The summed E-state index contributed by atoms with van der Waals surface area (Å²) in [6.45, 7) is 12.2. The van der Waals surface area contributed by atoms with Gasteiger partial charge in [-0.1, -0.05) is 56.3 Å². The largest absolute Gasteiger partial charge is 0.456 e. The Bertz CT molecular complexity index is 645. The minimum Gasteiger partial charge on any atom is -0.456 e. The molecule has 0 unspecified atom stereocenters. The van der Waals surface area contributed by atoms with E-state index in [0.717, 1.165) is 5.56 Å². The van der Waals surface area contributed by atoms with Crippen LogP contribution in [0.2, 0.25) is 0 Å². The molecule has 1 aromatic carbocycles. The molecular weight excluding hydrogens is 290 g/mol. The van der Waals surface area contributed by atoms with Gasteiger partial charge in [0.15, 0.2) is 5.69 Å². The minimum atomic E-state index is -0.390. The molecule has 0 aliphatic carbocycles. The lowest BCUT2D eigenvalue weighted by Crippen LogP contribution is -2.29. The van der Waals surface area contributed by atoms with Crippen molar-refractivity contribution in [3.63, 3.8) is 0 Å². The van der Waals surface area contributed by atoms with Crippen molar-refractivity contribution < 1.29 is 9.53 Å². The molecule has 1 aromatic heterocycles. The Morgan fingerprint density at radius 1 is 1.09 bits per heavy atom. The predicted octanol–water partition coefficient (Wildman–Crippen LogP) is 3.69. The molecule has 0 saturated carbocycles. The van der Waals surface area contributed by atoms with E-state index in [1.807, 2.05) is 71.9 Å². The highest BCUT2D eigenvalue weighted by atomic mass is 16.5. The fraction of sp³-hybridized carbons (Fsp3) is 0.500. The van der Waals surface area contributed by atoms with Crippen molar-refractivity contribution in [3.05, 3.63) is 47.3 Å². The summed E-state index contributed by atoms with van der Waals surface area (Å²) in [4.78, 5) is 12.7. The summed E-state index contributed by atoms with van der Waals surface area (Å²) in [5.41, 5.74) is 1.40. The number of ether oxygens (including phenoxy) is 1. The van der Waals surface area contributed by atoms with E-state index >= 15 is 0 Å². The first-order chi connectivity index (χ1) is 10.6. The normalized spacial score (nSPS) is 12.3. The van der Waals surface area contributed by atoms with Gasteiger partial charge < -0.3 is 4.74 Å². The van der Waals surface area contributed by atoms with Crippen LogP contribution in [0.25, 0.3) is 0 Å². The molecule has 1 heterocycles. The van der Waals surface area contributed by atoms with Crippen molar-refractivity contribution >= 4 is 5.97 Å². The van der Waals surface area contributed by atoms with Gasteiger partial charge in [-0.25, -0.2) is 9.48 Å². The van der Waals surface area contributed by atoms with Crippen molar-refractivity contribution in [2.24, 2.45) is 0 Å². The third-order valence-electron chi connectivity index (χ3n) is 3.42. The fourth-order valence-corrected chi connectivity index (χ4v) is 2.23. The lowest BCUT2D eigenvalue weighted by molar-refractivity contribution is 0.0446. The Kier molecular flexibility index (Phi) is 4.59. The standard InChI is InChI=1S/C18H25N3O2/c1-17(2,3)15-14(21(20-19-15)18(4,5)6)16(22)23-12-13-10-8-7-9-11-13/h7-11H,12H2,1-6H3. The lowest BCUT2D eigenvalue weighted by atomic mass is 9.90. The maximum atomic E-state index is 12.7. The van der Waals surface area contributed by atoms with Crippen LogP contribution in [-0.4, -0.2) is 21.0 Å². The maximum Gasteiger partial charge on any atom is 0.358 e. The Hall–Kier alpha value is -2.17. The first-order valence-electron chi connectivity index (χ1n) is 7.78. The lowest BCUT2D eigenvalue weighted by Gasteiger charge is -2.23. The number of esters is 1. The average Bonchev–Trinajstić information content (AvgIpc) is 2.91. The van der Waals surface area contributed by atoms with Crippen molar-refractivity contribution in [1.82, 2.24) is 15.0 Å². The first-order valence-corrected chi connectivity index (χ1v) is 7.78. The molecule has 0 aliphatic heterocycles. The van der Waals surface area contributed by atoms with E-state index in [0.29, 0.717) is 11.4 Å². The predicted molar refractivity (Wildman–Crippen MR) is 89.3 cm³/mol. The molecule has 0 bridgehead atoms. The van der Waals surface area contributed by atoms with Crippen LogP contribution in [0, 0.1) is 0 Å². The molecule has 0 atom stereocenters. The molecule has 0 radical (unpaired) electrons. The topological polar surface area (TPSA) is 57.0 Å².